The predicted octanol–water partition coefficient (Wildman–Crippen LogP) is 3.46. The van der Waals surface area contributed by atoms with Gasteiger partial charge in [-0.25, -0.2) is 38.4 Å². The zero-order chi connectivity index (χ0) is 58.2. The molecule has 15 rings (SSSR count). The van der Waals surface area contributed by atoms with Crippen molar-refractivity contribution in [2.75, 3.05) is 114 Å². The van der Waals surface area contributed by atoms with Gasteiger partial charge in [-0.05, 0) is 63.1 Å². The number of hydrogen-bond acceptors (Lipinski definition) is 16. The van der Waals surface area contributed by atoms with E-state index in [1.54, 1.807) is 66.6 Å². The van der Waals surface area contributed by atoms with Gasteiger partial charge in [-0.3, -0.25) is 78.4 Å². The van der Waals surface area contributed by atoms with Crippen molar-refractivity contribution in [3.8, 4) is 23.0 Å². The minimum Gasteiger partial charge on any atom is -0.492 e. The summed E-state index contributed by atoms with van der Waals surface area (Å²) >= 11 is 6.56. The lowest BCUT2D eigenvalue weighted by molar-refractivity contribution is -0.0289. The molecule has 0 spiro atoms. The van der Waals surface area contributed by atoms with E-state index >= 15 is 38.4 Å². The third kappa shape index (κ3) is 7.00. The smallest absolute Gasteiger partial charge is 0.326 e. The molecular formula is C52H64N16O12S4. The third-order valence-corrected chi connectivity index (χ3v) is 21.6. The molecule has 13 aliphatic rings. The lowest BCUT2D eigenvalue weighted by atomic mass is 10.0. The molecular weight excluding hydrogens is 1170 g/mol. The van der Waals surface area contributed by atoms with Gasteiger partial charge in [-0.15, -0.1) is 0 Å². The van der Waals surface area contributed by atoms with E-state index in [1.807, 2.05) is 63.1 Å². The van der Waals surface area contributed by atoms with Crippen molar-refractivity contribution in [1.29, 1.82) is 0 Å². The van der Waals surface area contributed by atoms with Crippen LogP contribution in [-0.2, 0) is 26.2 Å². The Bertz CT molecular complexity index is 2850. The molecule has 0 radical (unpaired) electrons. The number of carbonyl (C=O) groups excluding carboxylic acids is 8. The van der Waals surface area contributed by atoms with Crippen molar-refractivity contribution in [1.82, 2.24) is 78.4 Å². The Morgan fingerprint density at radius 1 is 0.345 bits per heavy atom. The van der Waals surface area contributed by atoms with Crippen LogP contribution >= 0.6 is 47.0 Å². The standard InChI is InChI=1S/C52H64N16O12S4/c1-51-41-61-25-57-39-37-53(43(57)69)23-55-38-40-59(45(55)71)27-63-42-52(2)67(49(63)75)21-31-32(36(80-14-18-84-6)10-9-35(31)79-13-17-83-5)22-68(52)50(76)64(42)28-60(40)46(72)56(38)24-54(37)44(70)58(39)26-62(41)48(74)66(51)20-30-29(19-65(51)47(61)73)33(77-11-15-81-3)7-8-34(30)78-12-16-82-4/h7-10,37-42H,11-28H2,1-6H3. The average molecular weight is 1230 g/mol. The summed E-state index contributed by atoms with van der Waals surface area (Å²) in [4.78, 5) is 147. The van der Waals surface area contributed by atoms with E-state index in [9.17, 15) is 0 Å². The molecule has 0 atom stereocenters. The van der Waals surface area contributed by atoms with Crippen LogP contribution in [0.1, 0.15) is 36.1 Å². The van der Waals surface area contributed by atoms with Gasteiger partial charge in [-0.2, -0.15) is 47.0 Å². The van der Waals surface area contributed by atoms with Crippen LogP contribution in [0.4, 0.5) is 38.4 Å². The number of amides is 16. The van der Waals surface area contributed by atoms with E-state index in [1.165, 1.54) is 58.8 Å². The molecule has 0 aliphatic carbocycles. The van der Waals surface area contributed by atoms with Gasteiger partial charge < -0.3 is 18.9 Å². The summed E-state index contributed by atoms with van der Waals surface area (Å²) in [5, 5.41) is 0. The molecule has 0 unspecified atom stereocenters. The van der Waals surface area contributed by atoms with E-state index in [4.69, 9.17) is 18.9 Å². The first-order valence-corrected chi connectivity index (χ1v) is 33.6. The summed E-state index contributed by atoms with van der Waals surface area (Å²) < 4.78 is 25.4. The second kappa shape index (κ2) is 19.4. The molecule has 16 amide bonds. The molecule has 0 N–H and O–H groups in total. The number of hydrogen-bond donors (Lipinski definition) is 0. The molecule has 13 heterocycles. The Kier molecular flexibility index (Phi) is 12.4. The van der Waals surface area contributed by atoms with Crippen molar-refractivity contribution in [3.05, 3.63) is 46.5 Å². The highest BCUT2D eigenvalue weighted by Crippen LogP contribution is 2.55. The van der Waals surface area contributed by atoms with Crippen molar-refractivity contribution >= 4 is 95.3 Å². The van der Waals surface area contributed by atoms with Gasteiger partial charge in [0.25, 0.3) is 0 Å². The highest BCUT2D eigenvalue weighted by Gasteiger charge is 2.75. The first-order chi connectivity index (χ1) is 40.6. The van der Waals surface area contributed by atoms with Crippen LogP contribution in [-0.4, -0.2) is 289 Å². The second-order valence-corrected chi connectivity index (χ2v) is 27.0. The molecule has 11 saturated heterocycles. The Labute approximate surface area is 500 Å². The van der Waals surface area contributed by atoms with E-state index < -0.39 is 96.6 Å². The summed E-state index contributed by atoms with van der Waals surface area (Å²) in [6.45, 7) is 3.55. The summed E-state index contributed by atoms with van der Waals surface area (Å²) in [5.41, 5.74) is 0.259. The van der Waals surface area contributed by atoms with E-state index in [0.29, 0.717) is 71.7 Å². The van der Waals surface area contributed by atoms with Crippen molar-refractivity contribution in [2.45, 2.75) is 88.3 Å². The Morgan fingerprint density at radius 2 is 0.548 bits per heavy atom. The molecule has 11 fully saturated rings. The zero-order valence-electron chi connectivity index (χ0n) is 47.2. The number of carbonyl (C=O) groups is 8. The number of benzene rings is 2. The second-order valence-electron chi connectivity index (χ2n) is 23.1. The molecule has 0 bridgehead atoms. The molecule has 0 aromatic heterocycles. The van der Waals surface area contributed by atoms with Crippen LogP contribution in [0.15, 0.2) is 24.3 Å². The maximum Gasteiger partial charge on any atom is 0.326 e. The average Bonchev–Trinajstić information content (AvgIpc) is 1.59. The fourth-order valence-corrected chi connectivity index (χ4v) is 16.4. The van der Waals surface area contributed by atoms with Gasteiger partial charge in [0.15, 0.2) is 48.3 Å². The summed E-state index contributed by atoms with van der Waals surface area (Å²) in [5.74, 6) is 5.21. The topological polar surface area (TPSA) is 225 Å². The van der Waals surface area contributed by atoms with Crippen LogP contribution in [0.3, 0.4) is 0 Å². The molecule has 2 aromatic rings. The van der Waals surface area contributed by atoms with Crippen LogP contribution in [0.5, 0.6) is 23.0 Å². The van der Waals surface area contributed by atoms with E-state index in [2.05, 4.69) is 0 Å². The summed E-state index contributed by atoms with van der Waals surface area (Å²) in [6.07, 6.45) is 1.70. The molecule has 13 aliphatic heterocycles. The number of nitrogens with zero attached hydrogens (tertiary/aromatic N) is 16. The van der Waals surface area contributed by atoms with Gasteiger partial charge >= 0.3 is 48.2 Å². The number of rotatable bonds is 16. The minimum absolute atomic E-state index is 0.0611. The number of ether oxygens (including phenoxy) is 4. The van der Waals surface area contributed by atoms with Crippen molar-refractivity contribution in [3.63, 3.8) is 0 Å². The molecule has 84 heavy (non-hydrogen) atoms. The molecule has 0 saturated carbocycles. The van der Waals surface area contributed by atoms with Gasteiger partial charge in [0.05, 0.1) is 52.6 Å². The monoisotopic (exact) mass is 1230 g/mol. The maximum absolute atomic E-state index is 15.4. The Morgan fingerprint density at radius 3 is 0.750 bits per heavy atom. The van der Waals surface area contributed by atoms with Crippen LogP contribution < -0.4 is 18.9 Å². The third-order valence-electron chi connectivity index (χ3n) is 19.3. The van der Waals surface area contributed by atoms with E-state index in [0.717, 1.165) is 23.0 Å². The van der Waals surface area contributed by atoms with Crippen LogP contribution in [0, 0.1) is 0 Å². The normalized spacial score (nSPS) is 30.0. The van der Waals surface area contributed by atoms with Gasteiger partial charge in [0.1, 0.15) is 63.0 Å². The first kappa shape index (κ1) is 53.9. The Balaban J connectivity index is 0.758. The molecule has 28 nitrogen and oxygen atoms in total. The lowest BCUT2D eigenvalue weighted by Crippen LogP contribution is -2.63. The van der Waals surface area contributed by atoms with Gasteiger partial charge in [0.2, 0.25) is 0 Å². The predicted molar refractivity (Wildman–Crippen MR) is 305 cm³/mol. The minimum atomic E-state index is -1.30. The SMILES string of the molecule is CSCCOc1ccc(OCCSC)c2c1CN1C(=O)N3CN4C(=O)N5CN6C(=O)N7CN8C(=O)N9Cc%10c(OCCSC)ccc(OCCSC)c%10CN%10C(=O)N(CN%11C(=O)N(CN%12C(=O)N(CN%13C(=O)N(C2)C1(C)C3%13)C4C5%12)C6C7%11)C8C9%10C. The zero-order valence-corrected chi connectivity index (χ0v) is 50.5. The van der Waals surface area contributed by atoms with Crippen LogP contribution in [0.2, 0.25) is 0 Å². The Hall–Kier alpha value is -6.80. The van der Waals surface area contributed by atoms with Gasteiger partial charge in [0, 0.05) is 45.3 Å². The van der Waals surface area contributed by atoms with Crippen LogP contribution in [0.25, 0.3) is 0 Å². The fourth-order valence-electron chi connectivity index (χ4n) is 15.4. The lowest BCUT2D eigenvalue weighted by Gasteiger charge is -2.42. The van der Waals surface area contributed by atoms with Crippen molar-refractivity contribution in [2.24, 2.45) is 0 Å². The van der Waals surface area contributed by atoms with E-state index in [-0.39, 0.29) is 66.2 Å². The number of urea groups is 8. The van der Waals surface area contributed by atoms with Gasteiger partial charge in [-0.1, -0.05) is 0 Å². The highest BCUT2D eigenvalue weighted by molar-refractivity contribution is 7.99. The highest BCUT2D eigenvalue weighted by atomic mass is 32.2. The fraction of sp³-hybridized carbons (Fsp3) is 0.615. The van der Waals surface area contributed by atoms with Crippen molar-refractivity contribution < 1.29 is 57.3 Å². The first-order valence-electron chi connectivity index (χ1n) is 28.0. The molecule has 32 heteroatoms. The number of fused-ring (bicyclic) bond motifs is 2. The summed E-state index contributed by atoms with van der Waals surface area (Å²) in [6, 6.07) is 3.40. The summed E-state index contributed by atoms with van der Waals surface area (Å²) in [7, 11) is 0. The molecule has 448 valence electrons. The molecule has 2 aromatic carbocycles. The largest absolute Gasteiger partial charge is 0.492 e. The quantitative estimate of drug-likeness (QED) is 0.220. The maximum atomic E-state index is 15.4. The number of thioether (sulfide) groups is 4.